The van der Waals surface area contributed by atoms with Crippen molar-refractivity contribution in [2.24, 2.45) is 0 Å². The van der Waals surface area contributed by atoms with Gasteiger partial charge in [0.05, 0.1) is 5.69 Å². The summed E-state index contributed by atoms with van der Waals surface area (Å²) in [6.07, 6.45) is 11.5. The van der Waals surface area contributed by atoms with Gasteiger partial charge in [0.15, 0.2) is 10.1 Å². The maximum atomic E-state index is 12.2. The zero-order chi connectivity index (χ0) is 18.6. The number of halogens is 1. The summed E-state index contributed by atoms with van der Waals surface area (Å²) < 4.78 is 1.86. The van der Waals surface area contributed by atoms with Gasteiger partial charge in [0.1, 0.15) is 0 Å². The first-order valence-electron chi connectivity index (χ1n) is 9.16. The Morgan fingerprint density at radius 2 is 1.93 bits per heavy atom. The number of benzene rings is 1. The third kappa shape index (κ3) is 4.34. The van der Waals surface area contributed by atoms with Crippen LogP contribution in [0.3, 0.4) is 0 Å². The molecule has 3 aromatic rings. The summed E-state index contributed by atoms with van der Waals surface area (Å²) in [6.45, 7) is 0. The van der Waals surface area contributed by atoms with E-state index in [1.807, 2.05) is 40.2 Å². The van der Waals surface area contributed by atoms with E-state index in [4.69, 9.17) is 11.6 Å². The number of amides is 1. The normalized spacial score (nSPS) is 15.4. The van der Waals surface area contributed by atoms with Gasteiger partial charge in [0, 0.05) is 35.1 Å². The molecule has 7 heteroatoms. The molecule has 0 aliphatic heterocycles. The number of anilines is 2. The fourth-order valence-corrected chi connectivity index (χ4v) is 4.40. The first kappa shape index (κ1) is 18.1. The number of hydrogen-bond acceptors (Lipinski definition) is 4. The van der Waals surface area contributed by atoms with Crippen molar-refractivity contribution in [3.05, 3.63) is 52.8 Å². The van der Waals surface area contributed by atoms with Crippen LogP contribution in [-0.2, 0) is 4.79 Å². The lowest BCUT2D eigenvalue weighted by atomic mass is 9.95. The number of carbonyl (C=O) groups excluding carboxylic acids is 1. The lowest BCUT2D eigenvalue weighted by Gasteiger charge is -2.23. The molecule has 1 fully saturated rings. The van der Waals surface area contributed by atoms with Crippen LogP contribution in [0, 0.1) is 0 Å². The van der Waals surface area contributed by atoms with Crippen molar-refractivity contribution < 1.29 is 4.79 Å². The second-order valence-corrected chi connectivity index (χ2v) is 7.95. The third-order valence-electron chi connectivity index (χ3n) is 4.78. The molecule has 0 bridgehead atoms. The van der Waals surface area contributed by atoms with Crippen molar-refractivity contribution in [2.75, 3.05) is 10.6 Å². The van der Waals surface area contributed by atoms with Gasteiger partial charge in [-0.05, 0) is 43.2 Å². The molecule has 5 nitrogen and oxygen atoms in total. The SMILES string of the molecule is O=C(/C=C/c1c(Cl)nc2sccn12)Nc1ccc(NC2CCCCC2)cc1. The minimum Gasteiger partial charge on any atom is -0.382 e. The highest BCUT2D eigenvalue weighted by molar-refractivity contribution is 7.15. The monoisotopic (exact) mass is 400 g/mol. The molecule has 0 spiro atoms. The Balaban J connectivity index is 1.36. The molecule has 140 valence electrons. The molecular weight excluding hydrogens is 380 g/mol. The van der Waals surface area contributed by atoms with Gasteiger partial charge < -0.3 is 10.6 Å². The highest BCUT2D eigenvalue weighted by Gasteiger charge is 2.13. The van der Waals surface area contributed by atoms with Crippen molar-refractivity contribution in [3.63, 3.8) is 0 Å². The second-order valence-electron chi connectivity index (χ2n) is 6.72. The van der Waals surface area contributed by atoms with Crippen molar-refractivity contribution in [1.82, 2.24) is 9.38 Å². The molecule has 1 aromatic carbocycles. The summed E-state index contributed by atoms with van der Waals surface area (Å²) in [6, 6.07) is 8.42. The Labute approximate surface area is 167 Å². The number of nitrogens with one attached hydrogen (secondary N) is 2. The van der Waals surface area contributed by atoms with Crippen LogP contribution in [0.25, 0.3) is 11.0 Å². The number of fused-ring (bicyclic) bond motifs is 1. The van der Waals surface area contributed by atoms with Gasteiger partial charge in [0.25, 0.3) is 0 Å². The highest BCUT2D eigenvalue weighted by atomic mass is 35.5. The van der Waals surface area contributed by atoms with Crippen molar-refractivity contribution in [1.29, 1.82) is 0 Å². The van der Waals surface area contributed by atoms with Crippen LogP contribution in [-0.4, -0.2) is 21.3 Å². The zero-order valence-electron chi connectivity index (χ0n) is 14.8. The van der Waals surface area contributed by atoms with Gasteiger partial charge in [-0.1, -0.05) is 30.9 Å². The molecule has 1 aliphatic carbocycles. The van der Waals surface area contributed by atoms with Crippen LogP contribution in [0.5, 0.6) is 0 Å². The van der Waals surface area contributed by atoms with Gasteiger partial charge in [0.2, 0.25) is 5.91 Å². The van der Waals surface area contributed by atoms with E-state index in [0.717, 1.165) is 16.3 Å². The van der Waals surface area contributed by atoms with Crippen LogP contribution in [0.2, 0.25) is 5.15 Å². The van der Waals surface area contributed by atoms with Crippen LogP contribution in [0.1, 0.15) is 37.8 Å². The maximum absolute atomic E-state index is 12.2. The molecule has 2 heterocycles. The largest absolute Gasteiger partial charge is 0.382 e. The van der Waals surface area contributed by atoms with E-state index < -0.39 is 0 Å². The fraction of sp³-hybridized carbons (Fsp3) is 0.300. The minimum atomic E-state index is -0.204. The molecule has 0 atom stereocenters. The quantitative estimate of drug-likeness (QED) is 0.560. The molecule has 1 aliphatic rings. The second kappa shape index (κ2) is 8.15. The number of aromatic nitrogens is 2. The number of rotatable bonds is 5. The average molecular weight is 401 g/mol. The lowest BCUT2D eigenvalue weighted by Crippen LogP contribution is -2.22. The Morgan fingerprint density at radius 1 is 1.19 bits per heavy atom. The van der Waals surface area contributed by atoms with Gasteiger partial charge in [-0.2, -0.15) is 0 Å². The van der Waals surface area contributed by atoms with Crippen LogP contribution >= 0.6 is 22.9 Å². The summed E-state index contributed by atoms with van der Waals surface area (Å²) in [4.78, 5) is 17.3. The van der Waals surface area contributed by atoms with Gasteiger partial charge >= 0.3 is 0 Å². The van der Waals surface area contributed by atoms with Crippen LogP contribution in [0.15, 0.2) is 41.9 Å². The Morgan fingerprint density at radius 3 is 2.70 bits per heavy atom. The Kier molecular flexibility index (Phi) is 5.45. The molecule has 1 saturated carbocycles. The number of hydrogen-bond donors (Lipinski definition) is 2. The Bertz CT molecular complexity index is 954. The van der Waals surface area contributed by atoms with Crippen LogP contribution < -0.4 is 10.6 Å². The van der Waals surface area contributed by atoms with Crippen LogP contribution in [0.4, 0.5) is 11.4 Å². The first-order valence-corrected chi connectivity index (χ1v) is 10.4. The first-order chi connectivity index (χ1) is 13.2. The van der Waals surface area contributed by atoms with E-state index in [1.54, 1.807) is 6.08 Å². The molecule has 2 N–H and O–H groups in total. The third-order valence-corrected chi connectivity index (χ3v) is 5.81. The molecule has 4 rings (SSSR count). The summed E-state index contributed by atoms with van der Waals surface area (Å²) in [5.41, 5.74) is 2.57. The van der Waals surface area contributed by atoms with E-state index in [9.17, 15) is 4.79 Å². The van der Waals surface area contributed by atoms with Crippen molar-refractivity contribution in [3.8, 4) is 0 Å². The van der Waals surface area contributed by atoms with E-state index in [1.165, 1.54) is 49.5 Å². The van der Waals surface area contributed by atoms with E-state index in [-0.39, 0.29) is 5.91 Å². The maximum Gasteiger partial charge on any atom is 0.248 e. The summed E-state index contributed by atoms with van der Waals surface area (Å²) in [5, 5.41) is 8.77. The average Bonchev–Trinajstić information content (AvgIpc) is 3.23. The predicted molar refractivity (Wildman–Crippen MR) is 113 cm³/mol. The standard InChI is InChI=1S/C20H21ClN4OS/c21-19-17(25-12-13-27-20(25)24-19)10-11-18(26)23-16-8-6-15(7-9-16)22-14-4-2-1-3-5-14/h6-14,22H,1-5H2,(H,23,26)/b11-10+. The number of thiazole rings is 1. The number of carbonyl (C=O) groups is 1. The molecular formula is C20H21ClN4OS. The number of nitrogens with zero attached hydrogens (tertiary/aromatic N) is 2. The summed E-state index contributed by atoms with van der Waals surface area (Å²) >= 11 is 7.63. The smallest absolute Gasteiger partial charge is 0.248 e. The summed E-state index contributed by atoms with van der Waals surface area (Å²) in [7, 11) is 0. The molecule has 1 amide bonds. The van der Waals surface area contributed by atoms with E-state index in [2.05, 4.69) is 15.6 Å². The summed E-state index contributed by atoms with van der Waals surface area (Å²) in [5.74, 6) is -0.204. The lowest BCUT2D eigenvalue weighted by molar-refractivity contribution is -0.111. The molecule has 0 radical (unpaired) electrons. The molecule has 27 heavy (non-hydrogen) atoms. The highest BCUT2D eigenvalue weighted by Crippen LogP contribution is 2.24. The number of imidazole rings is 1. The predicted octanol–water partition coefficient (Wildman–Crippen LogP) is 5.45. The van der Waals surface area contributed by atoms with Gasteiger partial charge in [-0.3, -0.25) is 9.20 Å². The van der Waals surface area contributed by atoms with E-state index in [0.29, 0.717) is 16.9 Å². The van der Waals surface area contributed by atoms with Crippen molar-refractivity contribution in [2.45, 2.75) is 38.1 Å². The topological polar surface area (TPSA) is 58.4 Å². The molecule has 2 aromatic heterocycles. The fourth-order valence-electron chi connectivity index (χ4n) is 3.40. The van der Waals surface area contributed by atoms with Gasteiger partial charge in [-0.15, -0.1) is 11.3 Å². The molecule has 0 saturated heterocycles. The zero-order valence-corrected chi connectivity index (χ0v) is 16.4. The van der Waals surface area contributed by atoms with Crippen molar-refractivity contribution >= 4 is 51.3 Å². The van der Waals surface area contributed by atoms with E-state index >= 15 is 0 Å². The van der Waals surface area contributed by atoms with Gasteiger partial charge in [-0.25, -0.2) is 4.98 Å². The minimum absolute atomic E-state index is 0.204. The molecule has 0 unspecified atom stereocenters. The Hall–Kier alpha value is -2.31.